The zero-order valence-electron chi connectivity index (χ0n) is 17.8. The van der Waals surface area contributed by atoms with E-state index >= 15 is 0 Å². The maximum absolute atomic E-state index is 12.5. The van der Waals surface area contributed by atoms with Gasteiger partial charge in [-0.1, -0.05) is 18.2 Å². The highest BCUT2D eigenvalue weighted by Crippen LogP contribution is 2.19. The Kier molecular flexibility index (Phi) is 6.55. The lowest BCUT2D eigenvalue weighted by Gasteiger charge is -2.34. The van der Waals surface area contributed by atoms with Crippen molar-refractivity contribution in [3.8, 4) is 5.75 Å². The molecule has 1 saturated heterocycles. The minimum atomic E-state index is -0.538. The molecule has 1 fully saturated rings. The molecule has 0 bridgehead atoms. The average molecular weight is 439 g/mol. The SMILES string of the molecule is COc1ccccc1COC(=O)N1CCN(CCC(=O)c2ccc3[nH]c(=O)oc3c2)CC1. The van der Waals surface area contributed by atoms with Crippen molar-refractivity contribution < 1.29 is 23.5 Å². The van der Waals surface area contributed by atoms with Crippen molar-refractivity contribution in [3.05, 3.63) is 64.1 Å². The van der Waals surface area contributed by atoms with Crippen LogP contribution >= 0.6 is 0 Å². The topological polar surface area (TPSA) is 105 Å². The maximum Gasteiger partial charge on any atom is 0.417 e. The molecule has 0 atom stereocenters. The summed E-state index contributed by atoms with van der Waals surface area (Å²) >= 11 is 0. The van der Waals surface area contributed by atoms with Gasteiger partial charge in [-0.25, -0.2) is 9.59 Å². The molecular weight excluding hydrogens is 414 g/mol. The largest absolute Gasteiger partial charge is 0.496 e. The van der Waals surface area contributed by atoms with Gasteiger partial charge in [-0.15, -0.1) is 0 Å². The Labute approximate surface area is 184 Å². The van der Waals surface area contributed by atoms with Gasteiger partial charge in [0.05, 0.1) is 12.6 Å². The lowest BCUT2D eigenvalue weighted by Crippen LogP contribution is -2.49. The second-order valence-electron chi connectivity index (χ2n) is 7.59. The van der Waals surface area contributed by atoms with Gasteiger partial charge in [0.15, 0.2) is 11.4 Å². The van der Waals surface area contributed by atoms with Crippen molar-refractivity contribution in [1.29, 1.82) is 0 Å². The predicted octanol–water partition coefficient (Wildman–Crippen LogP) is 2.66. The van der Waals surface area contributed by atoms with Crippen molar-refractivity contribution in [1.82, 2.24) is 14.8 Å². The van der Waals surface area contributed by atoms with E-state index in [4.69, 9.17) is 13.9 Å². The van der Waals surface area contributed by atoms with Gasteiger partial charge in [-0.2, -0.15) is 0 Å². The molecule has 1 N–H and O–H groups in total. The van der Waals surface area contributed by atoms with Gasteiger partial charge in [0.1, 0.15) is 12.4 Å². The number of carbonyl (C=O) groups excluding carboxylic acids is 2. The van der Waals surface area contributed by atoms with E-state index < -0.39 is 5.76 Å². The summed E-state index contributed by atoms with van der Waals surface area (Å²) in [7, 11) is 1.58. The fraction of sp³-hybridized carbons (Fsp3) is 0.348. The zero-order chi connectivity index (χ0) is 22.5. The van der Waals surface area contributed by atoms with Crippen LogP contribution in [-0.2, 0) is 11.3 Å². The maximum atomic E-state index is 12.5. The van der Waals surface area contributed by atoms with Crippen LogP contribution in [0.3, 0.4) is 0 Å². The Morgan fingerprint density at radius 3 is 2.66 bits per heavy atom. The summed E-state index contributed by atoms with van der Waals surface area (Å²) in [5.74, 6) is 0.130. The number of H-pyrrole nitrogens is 1. The van der Waals surface area contributed by atoms with Gasteiger partial charge >= 0.3 is 11.8 Å². The van der Waals surface area contributed by atoms with Crippen molar-refractivity contribution in [3.63, 3.8) is 0 Å². The third-order valence-corrected chi connectivity index (χ3v) is 5.57. The number of rotatable bonds is 7. The molecule has 1 aliphatic rings. The molecule has 4 rings (SSSR count). The quantitative estimate of drug-likeness (QED) is 0.564. The minimum absolute atomic E-state index is 0.0191. The Hall–Kier alpha value is -3.59. The molecule has 0 aliphatic carbocycles. The molecule has 9 heteroatoms. The number of para-hydroxylation sites is 1. The standard InChI is InChI=1S/C23H25N3O6/c1-30-20-5-3-2-4-17(20)15-31-23(29)26-12-10-25(11-13-26)9-8-19(27)16-6-7-18-21(14-16)32-22(28)24-18/h2-7,14H,8-13,15H2,1H3,(H,24,28). The second-order valence-corrected chi connectivity index (χ2v) is 7.59. The van der Waals surface area contributed by atoms with E-state index in [2.05, 4.69) is 9.88 Å². The number of nitrogens with one attached hydrogen (secondary N) is 1. The van der Waals surface area contributed by atoms with Crippen molar-refractivity contribution in [2.24, 2.45) is 0 Å². The predicted molar refractivity (Wildman–Crippen MR) is 117 cm³/mol. The van der Waals surface area contributed by atoms with E-state index in [0.717, 1.165) is 5.56 Å². The number of ketones is 1. The first-order chi connectivity index (χ1) is 15.5. The molecule has 32 heavy (non-hydrogen) atoms. The van der Waals surface area contributed by atoms with Crippen LogP contribution in [0.5, 0.6) is 5.75 Å². The molecule has 3 aromatic rings. The summed E-state index contributed by atoms with van der Waals surface area (Å²) < 4.78 is 15.7. The van der Waals surface area contributed by atoms with Crippen LogP contribution in [0.15, 0.2) is 51.7 Å². The van der Waals surface area contributed by atoms with E-state index in [-0.39, 0.29) is 18.5 Å². The number of aromatic nitrogens is 1. The summed E-state index contributed by atoms with van der Waals surface area (Å²) in [6.45, 7) is 3.17. The van der Waals surface area contributed by atoms with Crippen LogP contribution in [0.4, 0.5) is 4.79 Å². The number of ether oxygens (including phenoxy) is 2. The number of aromatic amines is 1. The number of fused-ring (bicyclic) bond motifs is 1. The number of oxazole rings is 1. The van der Waals surface area contributed by atoms with Crippen LogP contribution in [0.2, 0.25) is 0 Å². The highest BCUT2D eigenvalue weighted by Gasteiger charge is 2.23. The number of benzene rings is 2. The molecular formula is C23H25N3O6. The Morgan fingerprint density at radius 2 is 1.88 bits per heavy atom. The number of hydrogen-bond donors (Lipinski definition) is 1. The van der Waals surface area contributed by atoms with Crippen LogP contribution in [-0.4, -0.2) is 66.5 Å². The smallest absolute Gasteiger partial charge is 0.417 e. The Balaban J connectivity index is 1.22. The van der Waals surface area contributed by atoms with Crippen LogP contribution in [0.25, 0.3) is 11.1 Å². The van der Waals surface area contributed by atoms with Gasteiger partial charge < -0.3 is 18.8 Å². The lowest BCUT2D eigenvalue weighted by molar-refractivity contribution is 0.0692. The summed E-state index contributed by atoms with van der Waals surface area (Å²) in [5.41, 5.74) is 2.28. The molecule has 1 aliphatic heterocycles. The molecule has 1 amide bonds. The molecule has 1 aromatic heterocycles. The summed E-state index contributed by atoms with van der Waals surface area (Å²) in [6.07, 6.45) is -0.00812. The van der Waals surface area contributed by atoms with Crippen LogP contribution < -0.4 is 10.5 Å². The second kappa shape index (κ2) is 9.69. The molecule has 0 spiro atoms. The number of amides is 1. The third kappa shape index (κ3) is 5.00. The lowest BCUT2D eigenvalue weighted by atomic mass is 10.1. The Morgan fingerprint density at radius 1 is 1.09 bits per heavy atom. The molecule has 2 heterocycles. The number of methoxy groups -OCH3 is 1. The van der Waals surface area contributed by atoms with Gasteiger partial charge in [-0.3, -0.25) is 14.7 Å². The van der Waals surface area contributed by atoms with Gasteiger partial charge in [-0.05, 0) is 24.3 Å². The number of nitrogens with zero attached hydrogens (tertiary/aromatic N) is 2. The number of hydrogen-bond acceptors (Lipinski definition) is 7. The first kappa shape index (κ1) is 21.6. The molecule has 9 nitrogen and oxygen atoms in total. The highest BCUT2D eigenvalue weighted by molar-refractivity contribution is 5.98. The minimum Gasteiger partial charge on any atom is -0.496 e. The molecule has 2 aromatic carbocycles. The van der Waals surface area contributed by atoms with Crippen LogP contribution in [0, 0.1) is 0 Å². The summed E-state index contributed by atoms with van der Waals surface area (Å²) in [4.78, 5) is 42.6. The molecule has 0 radical (unpaired) electrons. The number of piperazine rings is 1. The van der Waals surface area contributed by atoms with E-state index in [1.165, 1.54) is 0 Å². The third-order valence-electron chi connectivity index (χ3n) is 5.57. The average Bonchev–Trinajstić information content (AvgIpc) is 3.20. The van der Waals surface area contributed by atoms with Crippen molar-refractivity contribution in [2.45, 2.75) is 13.0 Å². The van der Waals surface area contributed by atoms with Crippen molar-refractivity contribution in [2.75, 3.05) is 39.8 Å². The first-order valence-electron chi connectivity index (χ1n) is 10.5. The molecule has 168 valence electrons. The van der Waals surface area contributed by atoms with Crippen molar-refractivity contribution >= 4 is 23.0 Å². The van der Waals surface area contributed by atoms with Crippen LogP contribution in [0.1, 0.15) is 22.3 Å². The first-order valence-corrected chi connectivity index (χ1v) is 10.5. The monoisotopic (exact) mass is 439 g/mol. The van der Waals surface area contributed by atoms with E-state index in [9.17, 15) is 14.4 Å². The van der Waals surface area contributed by atoms with Gasteiger partial charge in [0, 0.05) is 50.3 Å². The van der Waals surface area contributed by atoms with E-state index in [1.54, 1.807) is 30.2 Å². The normalized spacial score (nSPS) is 14.5. The van der Waals surface area contributed by atoms with Gasteiger partial charge in [0.2, 0.25) is 0 Å². The Bertz CT molecular complexity index is 1160. The fourth-order valence-corrected chi connectivity index (χ4v) is 3.73. The van der Waals surface area contributed by atoms with E-state index in [1.807, 2.05) is 24.3 Å². The van der Waals surface area contributed by atoms with Gasteiger partial charge in [0.25, 0.3) is 0 Å². The molecule has 0 unspecified atom stereocenters. The van der Waals surface area contributed by atoms with E-state index in [0.29, 0.717) is 61.6 Å². The number of carbonyl (C=O) groups is 2. The molecule has 0 saturated carbocycles. The number of Topliss-reactive ketones (excluding diaryl/α,β-unsaturated/α-hetero) is 1. The fourth-order valence-electron chi connectivity index (χ4n) is 3.73. The summed E-state index contributed by atoms with van der Waals surface area (Å²) in [5, 5.41) is 0. The summed E-state index contributed by atoms with van der Waals surface area (Å²) in [6, 6.07) is 12.4. The zero-order valence-corrected chi connectivity index (χ0v) is 17.8. The highest BCUT2D eigenvalue weighted by atomic mass is 16.6.